The third-order valence-electron chi connectivity index (χ3n) is 4.59. The Morgan fingerprint density at radius 3 is 2.65 bits per heavy atom. The summed E-state index contributed by atoms with van der Waals surface area (Å²) in [6.45, 7) is 4.06. The van der Waals surface area contributed by atoms with E-state index in [0.29, 0.717) is 13.0 Å². The molecule has 2 rings (SSSR count). The molecule has 2 aliphatic rings. The number of allylic oxidation sites excluding steroid dienone is 1. The van der Waals surface area contributed by atoms with Crippen LogP contribution in [0.2, 0.25) is 0 Å². The molecule has 1 saturated heterocycles. The first-order valence-electron chi connectivity index (χ1n) is 7.97. The number of Topliss-reactive ketones (excluding diaryl/α,β-unsaturated/α-hetero) is 2. The Bertz CT molecular complexity index is 539. The molecule has 6 nitrogen and oxygen atoms in total. The molecule has 0 bridgehead atoms. The smallest absolute Gasteiger partial charge is 0.337 e. The summed E-state index contributed by atoms with van der Waals surface area (Å²) >= 11 is 0. The number of aliphatic hydroxyl groups is 1. The maximum absolute atomic E-state index is 12.4. The van der Waals surface area contributed by atoms with Crippen molar-refractivity contribution in [3.63, 3.8) is 0 Å². The number of esters is 1. The third kappa shape index (κ3) is 3.63. The highest BCUT2D eigenvalue weighted by Gasteiger charge is 2.46. The van der Waals surface area contributed by atoms with E-state index in [4.69, 9.17) is 9.47 Å². The van der Waals surface area contributed by atoms with Crippen LogP contribution in [0.1, 0.15) is 46.0 Å². The van der Waals surface area contributed by atoms with Gasteiger partial charge in [0.05, 0.1) is 18.8 Å². The van der Waals surface area contributed by atoms with E-state index in [2.05, 4.69) is 0 Å². The number of ether oxygens (including phenoxy) is 2. The molecule has 0 aromatic heterocycles. The predicted octanol–water partition coefficient (Wildman–Crippen LogP) is 2.11. The fraction of sp³-hybridized carbons (Fsp3) is 0.706. The normalized spacial score (nSPS) is 27.2. The fourth-order valence-electron chi connectivity index (χ4n) is 3.40. The quantitative estimate of drug-likeness (QED) is 0.615. The number of ketones is 2. The second-order valence-electron chi connectivity index (χ2n) is 6.85. The van der Waals surface area contributed by atoms with Crippen LogP contribution >= 0.6 is 0 Å². The Labute approximate surface area is 135 Å². The van der Waals surface area contributed by atoms with Crippen LogP contribution in [0.4, 0.5) is 0 Å². The van der Waals surface area contributed by atoms with Gasteiger partial charge in [-0.3, -0.25) is 9.59 Å². The minimum Gasteiger partial charge on any atom is -0.510 e. The standard InChI is InChI=1S/C17H24O6/c1-17(2)9-12(19)13(15(20)14(17)16(21)22-3)11(18)7-6-10-5-4-8-23-10/h10,13,20H,4-9H2,1-3H3. The van der Waals surface area contributed by atoms with Gasteiger partial charge in [0.25, 0.3) is 0 Å². The summed E-state index contributed by atoms with van der Waals surface area (Å²) in [5.41, 5.74) is -0.824. The minimum atomic E-state index is -1.25. The molecule has 1 heterocycles. The summed E-state index contributed by atoms with van der Waals surface area (Å²) in [7, 11) is 1.21. The van der Waals surface area contributed by atoms with Crippen molar-refractivity contribution in [3.05, 3.63) is 11.3 Å². The van der Waals surface area contributed by atoms with Crippen molar-refractivity contribution in [2.45, 2.75) is 52.1 Å². The van der Waals surface area contributed by atoms with Crippen molar-refractivity contribution in [2.24, 2.45) is 11.3 Å². The molecule has 0 radical (unpaired) electrons. The SMILES string of the molecule is COC(=O)C1=C(O)C(C(=O)CCC2CCCO2)C(=O)CC1(C)C. The average Bonchev–Trinajstić information content (AvgIpc) is 2.96. The van der Waals surface area contributed by atoms with Gasteiger partial charge in [0.15, 0.2) is 11.6 Å². The van der Waals surface area contributed by atoms with Gasteiger partial charge in [-0.15, -0.1) is 0 Å². The minimum absolute atomic E-state index is 0.0232. The number of carbonyl (C=O) groups is 3. The van der Waals surface area contributed by atoms with Gasteiger partial charge in [0.2, 0.25) is 0 Å². The molecule has 0 saturated carbocycles. The van der Waals surface area contributed by atoms with Crippen LogP contribution in [-0.4, -0.2) is 42.5 Å². The van der Waals surface area contributed by atoms with Crippen LogP contribution in [0.25, 0.3) is 0 Å². The first kappa shape index (κ1) is 17.7. The molecular formula is C17H24O6. The molecular weight excluding hydrogens is 300 g/mol. The number of aliphatic hydroxyl groups excluding tert-OH is 1. The van der Waals surface area contributed by atoms with E-state index in [9.17, 15) is 19.5 Å². The summed E-state index contributed by atoms with van der Waals surface area (Å²) in [4.78, 5) is 36.7. The third-order valence-corrected chi connectivity index (χ3v) is 4.59. The van der Waals surface area contributed by atoms with E-state index in [0.717, 1.165) is 12.8 Å². The van der Waals surface area contributed by atoms with E-state index < -0.39 is 23.1 Å². The molecule has 128 valence electrons. The zero-order valence-electron chi connectivity index (χ0n) is 13.9. The average molecular weight is 324 g/mol. The van der Waals surface area contributed by atoms with E-state index in [1.165, 1.54) is 7.11 Å². The van der Waals surface area contributed by atoms with Gasteiger partial charge in [0.1, 0.15) is 11.7 Å². The van der Waals surface area contributed by atoms with E-state index in [1.54, 1.807) is 13.8 Å². The van der Waals surface area contributed by atoms with E-state index in [1.807, 2.05) is 0 Å². The molecule has 0 amide bonds. The Hall–Kier alpha value is -1.69. The molecule has 23 heavy (non-hydrogen) atoms. The second-order valence-corrected chi connectivity index (χ2v) is 6.85. The van der Waals surface area contributed by atoms with Crippen molar-refractivity contribution >= 4 is 17.5 Å². The van der Waals surface area contributed by atoms with Crippen LogP contribution in [-0.2, 0) is 23.9 Å². The lowest BCUT2D eigenvalue weighted by atomic mass is 9.69. The molecule has 1 aliphatic carbocycles. The lowest BCUT2D eigenvalue weighted by Gasteiger charge is -2.33. The van der Waals surface area contributed by atoms with Gasteiger partial charge in [-0.2, -0.15) is 0 Å². The number of rotatable bonds is 5. The summed E-state index contributed by atoms with van der Waals surface area (Å²) in [5.74, 6) is -3.11. The zero-order chi connectivity index (χ0) is 17.2. The number of carbonyl (C=O) groups excluding carboxylic acids is 3. The molecule has 1 N–H and O–H groups in total. The van der Waals surface area contributed by atoms with Crippen molar-refractivity contribution in [1.29, 1.82) is 0 Å². The first-order chi connectivity index (χ1) is 10.8. The van der Waals surface area contributed by atoms with Gasteiger partial charge in [0, 0.05) is 24.9 Å². The van der Waals surface area contributed by atoms with Crippen molar-refractivity contribution in [2.75, 3.05) is 13.7 Å². The molecule has 0 aromatic rings. The molecule has 2 unspecified atom stereocenters. The van der Waals surface area contributed by atoms with Gasteiger partial charge < -0.3 is 14.6 Å². The number of methoxy groups -OCH3 is 1. The van der Waals surface area contributed by atoms with Gasteiger partial charge in [-0.1, -0.05) is 13.8 Å². The monoisotopic (exact) mass is 324 g/mol. The largest absolute Gasteiger partial charge is 0.510 e. The van der Waals surface area contributed by atoms with Crippen LogP contribution in [0, 0.1) is 11.3 Å². The Morgan fingerprint density at radius 1 is 1.39 bits per heavy atom. The molecule has 1 fully saturated rings. The van der Waals surface area contributed by atoms with Crippen molar-refractivity contribution < 1.29 is 29.0 Å². The van der Waals surface area contributed by atoms with Crippen LogP contribution in [0.15, 0.2) is 11.3 Å². The maximum atomic E-state index is 12.4. The van der Waals surface area contributed by atoms with E-state index in [-0.39, 0.29) is 36.1 Å². The lowest BCUT2D eigenvalue weighted by molar-refractivity contribution is -0.139. The van der Waals surface area contributed by atoms with Crippen LogP contribution in [0.5, 0.6) is 0 Å². The number of hydrogen-bond donors (Lipinski definition) is 1. The Kier molecular flexibility index (Phi) is 5.24. The van der Waals surface area contributed by atoms with Crippen LogP contribution in [0.3, 0.4) is 0 Å². The highest BCUT2D eigenvalue weighted by molar-refractivity contribution is 6.08. The molecule has 6 heteroatoms. The lowest BCUT2D eigenvalue weighted by Crippen LogP contribution is -2.40. The summed E-state index contributed by atoms with van der Waals surface area (Å²) in [6, 6.07) is 0. The van der Waals surface area contributed by atoms with Gasteiger partial charge in [-0.25, -0.2) is 4.79 Å². The highest BCUT2D eigenvalue weighted by Crippen LogP contribution is 2.41. The first-order valence-corrected chi connectivity index (χ1v) is 7.97. The highest BCUT2D eigenvalue weighted by atomic mass is 16.5. The topological polar surface area (TPSA) is 89.9 Å². The number of hydrogen-bond acceptors (Lipinski definition) is 6. The second kappa shape index (κ2) is 6.83. The summed E-state index contributed by atoms with van der Waals surface area (Å²) in [5, 5.41) is 10.4. The Balaban J connectivity index is 2.20. The molecule has 0 spiro atoms. The van der Waals surface area contributed by atoms with Crippen molar-refractivity contribution in [3.8, 4) is 0 Å². The Morgan fingerprint density at radius 2 is 2.09 bits per heavy atom. The molecule has 1 aliphatic heterocycles. The van der Waals surface area contributed by atoms with Gasteiger partial charge >= 0.3 is 5.97 Å². The molecule has 0 aromatic carbocycles. The summed E-state index contributed by atoms with van der Waals surface area (Å²) < 4.78 is 10.2. The van der Waals surface area contributed by atoms with Crippen LogP contribution < -0.4 is 0 Å². The van der Waals surface area contributed by atoms with Crippen molar-refractivity contribution in [1.82, 2.24) is 0 Å². The summed E-state index contributed by atoms with van der Waals surface area (Å²) in [6.07, 6.45) is 2.64. The maximum Gasteiger partial charge on any atom is 0.337 e. The van der Waals surface area contributed by atoms with E-state index >= 15 is 0 Å². The van der Waals surface area contributed by atoms with Gasteiger partial charge in [-0.05, 0) is 19.3 Å². The molecule has 2 atom stereocenters. The zero-order valence-corrected chi connectivity index (χ0v) is 13.9. The predicted molar refractivity (Wildman–Crippen MR) is 81.8 cm³/mol. The fourth-order valence-corrected chi connectivity index (χ4v) is 3.40.